The maximum atomic E-state index is 5.47. The van der Waals surface area contributed by atoms with Crippen LogP contribution in [0, 0.1) is 5.92 Å². The summed E-state index contributed by atoms with van der Waals surface area (Å²) in [5.74, 6) is 1.79. The van der Waals surface area contributed by atoms with Crippen LogP contribution in [0.3, 0.4) is 0 Å². The smallest absolute Gasteiger partial charge is 0.145 e. The van der Waals surface area contributed by atoms with Crippen LogP contribution in [-0.4, -0.2) is 36.6 Å². The summed E-state index contributed by atoms with van der Waals surface area (Å²) in [5, 5.41) is 1.25. The van der Waals surface area contributed by atoms with E-state index in [0.717, 1.165) is 23.6 Å². The molecule has 0 N–H and O–H groups in total. The first-order valence-electron chi connectivity index (χ1n) is 11.4. The minimum atomic E-state index is 0.876. The number of nitrogens with zero attached hydrogens (tertiary/aromatic N) is 2. The van der Waals surface area contributed by atoms with Gasteiger partial charge in [-0.3, -0.25) is 4.98 Å². The average molecular weight is 383 g/mol. The number of fused-ring (bicyclic) bond motifs is 1. The number of hydrogen-bond acceptors (Lipinski definition) is 3. The molecule has 2 aromatic rings. The number of hydrogen-bond donors (Lipinski definition) is 0. The van der Waals surface area contributed by atoms with Crippen LogP contribution in [0.25, 0.3) is 10.9 Å². The summed E-state index contributed by atoms with van der Waals surface area (Å²) < 4.78 is 5.47. The van der Waals surface area contributed by atoms with Crippen molar-refractivity contribution in [2.24, 2.45) is 5.92 Å². The molecule has 0 radical (unpaired) electrons. The molecule has 0 atom stereocenters. The molecule has 1 fully saturated rings. The van der Waals surface area contributed by atoms with Gasteiger partial charge in [-0.05, 0) is 75.4 Å². The number of para-hydroxylation sites is 1. The van der Waals surface area contributed by atoms with Crippen molar-refractivity contribution < 1.29 is 4.74 Å². The molecule has 1 saturated heterocycles. The Hall–Kier alpha value is -1.61. The highest BCUT2D eigenvalue weighted by Crippen LogP contribution is 2.28. The van der Waals surface area contributed by atoms with Gasteiger partial charge in [-0.1, -0.05) is 51.2 Å². The van der Waals surface area contributed by atoms with Crippen molar-refractivity contribution in [2.45, 2.75) is 71.1 Å². The van der Waals surface area contributed by atoms with Crippen molar-refractivity contribution >= 4 is 10.9 Å². The van der Waals surface area contributed by atoms with Gasteiger partial charge in [0.05, 0.1) is 7.11 Å². The predicted octanol–water partition coefficient (Wildman–Crippen LogP) is 6.25. The van der Waals surface area contributed by atoms with Gasteiger partial charge in [0.25, 0.3) is 0 Å². The highest BCUT2D eigenvalue weighted by Gasteiger charge is 2.18. The van der Waals surface area contributed by atoms with E-state index in [1.807, 2.05) is 12.3 Å². The second-order valence-electron chi connectivity index (χ2n) is 8.42. The van der Waals surface area contributed by atoms with Crippen molar-refractivity contribution in [3.63, 3.8) is 0 Å². The Bertz CT molecular complexity index is 707. The first-order valence-corrected chi connectivity index (χ1v) is 11.4. The standard InChI is InChI=1S/C25H38N2O/c1-3-4-5-6-7-18-27-19-15-21(16-20-27)10-8-11-22-14-17-26-25-23(22)12-9-13-24(25)28-2/h9,12-14,17,21H,3-8,10-11,15-16,18-20H2,1-2H3. The zero-order valence-corrected chi connectivity index (χ0v) is 18.0. The van der Waals surface area contributed by atoms with E-state index in [2.05, 4.69) is 35.0 Å². The van der Waals surface area contributed by atoms with Crippen LogP contribution in [0.15, 0.2) is 30.5 Å². The zero-order chi connectivity index (χ0) is 19.6. The molecule has 0 unspecified atom stereocenters. The third-order valence-electron chi connectivity index (χ3n) is 6.39. The highest BCUT2D eigenvalue weighted by molar-refractivity contribution is 5.87. The first-order chi connectivity index (χ1) is 13.8. The Morgan fingerprint density at radius 3 is 2.64 bits per heavy atom. The number of aryl methyl sites for hydroxylation is 1. The molecule has 0 saturated carbocycles. The van der Waals surface area contributed by atoms with Gasteiger partial charge in [0.15, 0.2) is 0 Å². The minimum absolute atomic E-state index is 0.876. The average Bonchev–Trinajstić information content (AvgIpc) is 2.74. The van der Waals surface area contributed by atoms with Gasteiger partial charge in [-0.25, -0.2) is 0 Å². The second-order valence-corrected chi connectivity index (χ2v) is 8.42. The lowest BCUT2D eigenvalue weighted by Gasteiger charge is -2.32. The molecule has 1 aliphatic rings. The molecule has 3 rings (SSSR count). The number of benzene rings is 1. The molecular weight excluding hydrogens is 344 g/mol. The van der Waals surface area contributed by atoms with Crippen LogP contribution in [0.2, 0.25) is 0 Å². The lowest BCUT2D eigenvalue weighted by Crippen LogP contribution is -2.34. The number of methoxy groups -OCH3 is 1. The van der Waals surface area contributed by atoms with Crippen LogP contribution in [0.5, 0.6) is 5.75 Å². The van der Waals surface area contributed by atoms with Crippen LogP contribution in [0.1, 0.15) is 70.3 Å². The molecule has 28 heavy (non-hydrogen) atoms. The fourth-order valence-electron chi connectivity index (χ4n) is 4.61. The number of unbranched alkanes of at least 4 members (excludes halogenated alkanes) is 4. The van der Waals surface area contributed by atoms with Crippen LogP contribution >= 0.6 is 0 Å². The number of ether oxygens (including phenoxy) is 1. The lowest BCUT2D eigenvalue weighted by atomic mass is 9.90. The van der Waals surface area contributed by atoms with E-state index in [4.69, 9.17) is 4.74 Å². The quantitative estimate of drug-likeness (QED) is 0.430. The Balaban J connectivity index is 1.39. The van der Waals surface area contributed by atoms with Crippen LogP contribution in [0.4, 0.5) is 0 Å². The lowest BCUT2D eigenvalue weighted by molar-refractivity contribution is 0.175. The van der Waals surface area contributed by atoms with E-state index >= 15 is 0 Å². The van der Waals surface area contributed by atoms with Gasteiger partial charge >= 0.3 is 0 Å². The molecule has 1 aromatic carbocycles. The van der Waals surface area contributed by atoms with E-state index in [1.54, 1.807) is 7.11 Å². The monoisotopic (exact) mass is 382 g/mol. The molecule has 3 nitrogen and oxygen atoms in total. The molecule has 3 heteroatoms. The van der Waals surface area contributed by atoms with Gasteiger partial charge in [0.1, 0.15) is 11.3 Å². The topological polar surface area (TPSA) is 25.4 Å². The van der Waals surface area contributed by atoms with E-state index < -0.39 is 0 Å². The summed E-state index contributed by atoms with van der Waals surface area (Å²) in [5.41, 5.74) is 2.41. The molecule has 154 valence electrons. The highest BCUT2D eigenvalue weighted by atomic mass is 16.5. The SMILES string of the molecule is CCCCCCCN1CCC(CCCc2ccnc3c(OC)cccc23)CC1. The van der Waals surface area contributed by atoms with Gasteiger partial charge in [0.2, 0.25) is 0 Å². The van der Waals surface area contributed by atoms with Crippen molar-refractivity contribution in [3.05, 3.63) is 36.0 Å². The molecule has 0 aliphatic carbocycles. The van der Waals surface area contributed by atoms with E-state index in [1.165, 1.54) is 88.4 Å². The number of rotatable bonds is 11. The van der Waals surface area contributed by atoms with Crippen molar-refractivity contribution in [3.8, 4) is 5.75 Å². The fraction of sp³-hybridized carbons (Fsp3) is 0.640. The summed E-state index contributed by atoms with van der Waals surface area (Å²) >= 11 is 0. The van der Waals surface area contributed by atoms with Crippen LogP contribution in [-0.2, 0) is 6.42 Å². The molecule has 0 amide bonds. The molecule has 0 bridgehead atoms. The van der Waals surface area contributed by atoms with E-state index in [9.17, 15) is 0 Å². The molecule has 1 aromatic heterocycles. The van der Waals surface area contributed by atoms with Gasteiger partial charge < -0.3 is 9.64 Å². The summed E-state index contributed by atoms with van der Waals surface area (Å²) in [4.78, 5) is 7.23. The summed E-state index contributed by atoms with van der Waals surface area (Å²) in [6, 6.07) is 8.43. The minimum Gasteiger partial charge on any atom is -0.494 e. The third kappa shape index (κ3) is 5.94. The summed E-state index contributed by atoms with van der Waals surface area (Å²) in [7, 11) is 1.72. The van der Waals surface area contributed by atoms with Crippen molar-refractivity contribution in [1.82, 2.24) is 9.88 Å². The predicted molar refractivity (Wildman–Crippen MR) is 119 cm³/mol. The number of pyridine rings is 1. The molecule has 2 heterocycles. The first kappa shape index (κ1) is 21.1. The Kier molecular flexibility index (Phi) is 8.60. The second kappa shape index (κ2) is 11.4. The maximum Gasteiger partial charge on any atom is 0.145 e. The van der Waals surface area contributed by atoms with Crippen molar-refractivity contribution in [1.29, 1.82) is 0 Å². The van der Waals surface area contributed by atoms with E-state index in [-0.39, 0.29) is 0 Å². The zero-order valence-electron chi connectivity index (χ0n) is 18.0. The molecule has 1 aliphatic heterocycles. The number of likely N-dealkylation sites (tertiary alicyclic amines) is 1. The summed E-state index contributed by atoms with van der Waals surface area (Å²) in [6.45, 7) is 6.24. The maximum absolute atomic E-state index is 5.47. The Morgan fingerprint density at radius 1 is 1.04 bits per heavy atom. The van der Waals surface area contributed by atoms with Crippen LogP contribution < -0.4 is 4.74 Å². The fourth-order valence-corrected chi connectivity index (χ4v) is 4.61. The third-order valence-corrected chi connectivity index (χ3v) is 6.39. The van der Waals surface area contributed by atoms with E-state index in [0.29, 0.717) is 0 Å². The number of piperidine rings is 1. The Labute approximate surface area is 171 Å². The van der Waals surface area contributed by atoms with Gasteiger partial charge in [-0.15, -0.1) is 0 Å². The van der Waals surface area contributed by atoms with Gasteiger partial charge in [-0.2, -0.15) is 0 Å². The normalized spacial score (nSPS) is 15.9. The largest absolute Gasteiger partial charge is 0.494 e. The number of aromatic nitrogens is 1. The molecule has 0 spiro atoms. The summed E-state index contributed by atoms with van der Waals surface area (Å²) in [6.07, 6.45) is 15.5. The van der Waals surface area contributed by atoms with Crippen molar-refractivity contribution in [2.75, 3.05) is 26.7 Å². The Morgan fingerprint density at radius 2 is 1.86 bits per heavy atom. The molecular formula is C25H38N2O. The van der Waals surface area contributed by atoms with Gasteiger partial charge in [0, 0.05) is 11.6 Å².